The summed E-state index contributed by atoms with van der Waals surface area (Å²) < 4.78 is 1.13. The molecule has 0 unspecified atom stereocenters. The second kappa shape index (κ2) is 5.91. The average Bonchev–Trinajstić information content (AvgIpc) is 2.83. The first-order valence-corrected chi connectivity index (χ1v) is 9.49. The first-order valence-electron chi connectivity index (χ1n) is 6.46. The van der Waals surface area contributed by atoms with Crippen LogP contribution in [0.3, 0.4) is 0 Å². The quantitative estimate of drug-likeness (QED) is 0.532. The maximum atomic E-state index is 11.0. The zero-order chi connectivity index (χ0) is 14.1. The number of hydrogen-bond donors (Lipinski definition) is 1. The van der Waals surface area contributed by atoms with Gasteiger partial charge in [-0.05, 0) is 37.5 Å². The fourth-order valence-corrected chi connectivity index (χ4v) is 5.00. The average molecular weight is 325 g/mol. The Balaban J connectivity index is 2.12. The highest BCUT2D eigenvalue weighted by Gasteiger charge is 2.21. The number of nitrogens with two attached hydrogens (primary N) is 1. The minimum atomic E-state index is -0.311. The lowest BCUT2D eigenvalue weighted by Gasteiger charge is -2.09. The van der Waals surface area contributed by atoms with E-state index in [1.165, 1.54) is 46.8 Å². The van der Waals surface area contributed by atoms with E-state index < -0.39 is 0 Å². The first kappa shape index (κ1) is 14.2. The lowest BCUT2D eigenvalue weighted by atomic mass is 9.98. The van der Waals surface area contributed by atoms with Crippen LogP contribution >= 0.6 is 34.9 Å². The Kier molecular flexibility index (Phi) is 4.18. The zero-order valence-electron chi connectivity index (χ0n) is 11.1. The number of hydrogen-bond acceptors (Lipinski definition) is 6. The summed E-state index contributed by atoms with van der Waals surface area (Å²) in [6.45, 7) is 0. The highest BCUT2D eigenvalue weighted by atomic mass is 32.2. The molecule has 7 heteroatoms. The van der Waals surface area contributed by atoms with Gasteiger partial charge in [0.1, 0.15) is 5.03 Å². The minimum absolute atomic E-state index is 0.266. The van der Waals surface area contributed by atoms with E-state index in [1.807, 2.05) is 6.26 Å². The molecule has 20 heavy (non-hydrogen) atoms. The molecule has 0 saturated heterocycles. The Morgan fingerprint density at radius 2 is 2.15 bits per heavy atom. The lowest BCUT2D eigenvalue weighted by Crippen LogP contribution is -2.13. The third kappa shape index (κ3) is 2.66. The second-order valence-corrected chi connectivity index (χ2v) is 7.50. The normalized spacial score (nSPS) is 14.4. The number of thioether (sulfide) groups is 2. The van der Waals surface area contributed by atoms with Gasteiger partial charge in [-0.3, -0.25) is 4.79 Å². The van der Waals surface area contributed by atoms with Crippen molar-refractivity contribution in [2.75, 3.05) is 12.0 Å². The van der Waals surface area contributed by atoms with E-state index in [2.05, 4.69) is 9.97 Å². The van der Waals surface area contributed by atoms with Crippen molar-refractivity contribution in [1.29, 1.82) is 0 Å². The van der Waals surface area contributed by atoms with Crippen LogP contribution in [0.2, 0.25) is 0 Å². The molecule has 0 atom stereocenters. The number of carbonyl (C=O) groups is 1. The van der Waals surface area contributed by atoms with E-state index >= 15 is 0 Å². The van der Waals surface area contributed by atoms with Crippen LogP contribution in [-0.4, -0.2) is 27.9 Å². The van der Waals surface area contributed by atoms with Crippen LogP contribution in [0.5, 0.6) is 0 Å². The van der Waals surface area contributed by atoms with Crippen LogP contribution < -0.4 is 5.73 Å². The molecule has 106 valence electrons. The summed E-state index contributed by atoms with van der Waals surface area (Å²) >= 11 is 4.75. The molecule has 4 nitrogen and oxygen atoms in total. The van der Waals surface area contributed by atoms with E-state index in [-0.39, 0.29) is 11.7 Å². The van der Waals surface area contributed by atoms with Crippen molar-refractivity contribution in [3.63, 3.8) is 0 Å². The highest BCUT2D eigenvalue weighted by Crippen LogP contribution is 2.40. The van der Waals surface area contributed by atoms with Crippen LogP contribution in [0.15, 0.2) is 10.2 Å². The number of primary amides is 1. The van der Waals surface area contributed by atoms with E-state index in [1.54, 1.807) is 11.3 Å². The van der Waals surface area contributed by atoms with Crippen molar-refractivity contribution in [1.82, 2.24) is 9.97 Å². The van der Waals surface area contributed by atoms with Crippen LogP contribution in [0.1, 0.15) is 23.3 Å². The monoisotopic (exact) mass is 325 g/mol. The molecule has 0 aliphatic heterocycles. The highest BCUT2D eigenvalue weighted by molar-refractivity contribution is 8.00. The molecule has 3 rings (SSSR count). The number of aryl methyl sites for hydroxylation is 2. The zero-order valence-corrected chi connectivity index (χ0v) is 13.6. The maximum Gasteiger partial charge on any atom is 0.227 e. The van der Waals surface area contributed by atoms with E-state index in [4.69, 9.17) is 5.73 Å². The predicted octanol–water partition coefficient (Wildman–Crippen LogP) is 2.87. The van der Waals surface area contributed by atoms with Gasteiger partial charge in [0.15, 0.2) is 5.16 Å². The fourth-order valence-electron chi connectivity index (χ4n) is 2.40. The summed E-state index contributed by atoms with van der Waals surface area (Å²) in [5, 5.41) is 1.67. The van der Waals surface area contributed by atoms with Crippen LogP contribution in [0.25, 0.3) is 10.2 Å². The summed E-state index contributed by atoms with van der Waals surface area (Å²) in [6.07, 6.45) is 6.72. The van der Waals surface area contributed by atoms with Gasteiger partial charge in [0.25, 0.3) is 0 Å². The molecule has 0 radical (unpaired) electrons. The van der Waals surface area contributed by atoms with Crippen molar-refractivity contribution in [2.24, 2.45) is 5.73 Å². The number of aromatic nitrogens is 2. The second-order valence-electron chi connectivity index (χ2n) is 4.66. The lowest BCUT2D eigenvalue weighted by molar-refractivity contribution is -0.115. The third-order valence-electron chi connectivity index (χ3n) is 3.28. The molecule has 0 aromatic carbocycles. The SMILES string of the molecule is CSc1nc(SCC(N)=O)c2sc3c(c2n1)CCCC3. The number of rotatable bonds is 4. The summed E-state index contributed by atoms with van der Waals surface area (Å²) in [6, 6.07) is 0. The number of nitrogens with zero attached hydrogens (tertiary/aromatic N) is 2. The summed E-state index contributed by atoms with van der Waals surface area (Å²) in [7, 11) is 0. The van der Waals surface area contributed by atoms with Gasteiger partial charge < -0.3 is 5.73 Å². The molecule has 0 saturated carbocycles. The molecule has 2 aromatic rings. The number of thiophene rings is 1. The Bertz CT molecular complexity index is 668. The molecule has 1 aliphatic rings. The standard InChI is InChI=1S/C13H15N3OS3/c1-18-13-15-10-7-4-2-3-5-8(7)20-11(10)12(16-13)19-6-9(14)17/h2-6H2,1H3,(H2,14,17). The molecule has 1 aliphatic carbocycles. The van der Waals surface area contributed by atoms with E-state index in [9.17, 15) is 4.79 Å². The van der Waals surface area contributed by atoms with Crippen LogP contribution in [0, 0.1) is 0 Å². The molecule has 2 N–H and O–H groups in total. The molecule has 0 spiro atoms. The summed E-state index contributed by atoms with van der Waals surface area (Å²) in [5.41, 5.74) is 7.74. The smallest absolute Gasteiger partial charge is 0.227 e. The summed E-state index contributed by atoms with van der Waals surface area (Å²) in [4.78, 5) is 21.7. The van der Waals surface area contributed by atoms with Gasteiger partial charge in [-0.2, -0.15) is 0 Å². The Morgan fingerprint density at radius 1 is 1.35 bits per heavy atom. The van der Waals surface area contributed by atoms with Crippen molar-refractivity contribution in [2.45, 2.75) is 35.9 Å². The minimum Gasteiger partial charge on any atom is -0.369 e. The van der Waals surface area contributed by atoms with Crippen molar-refractivity contribution < 1.29 is 4.79 Å². The van der Waals surface area contributed by atoms with Crippen LogP contribution in [0.4, 0.5) is 0 Å². The Hall–Kier alpha value is -0.790. The first-order chi connectivity index (χ1) is 9.69. The van der Waals surface area contributed by atoms with Gasteiger partial charge in [0.2, 0.25) is 5.91 Å². The van der Waals surface area contributed by atoms with Gasteiger partial charge in [-0.1, -0.05) is 23.5 Å². The Labute approximate surface area is 129 Å². The molecule has 2 heterocycles. The van der Waals surface area contributed by atoms with Gasteiger partial charge in [0, 0.05) is 4.88 Å². The molecular formula is C13H15N3OS3. The van der Waals surface area contributed by atoms with Crippen molar-refractivity contribution in [3.8, 4) is 0 Å². The van der Waals surface area contributed by atoms with Gasteiger partial charge in [-0.15, -0.1) is 11.3 Å². The van der Waals surface area contributed by atoms with Crippen molar-refractivity contribution in [3.05, 3.63) is 10.4 Å². The Morgan fingerprint density at radius 3 is 2.90 bits per heavy atom. The molecular weight excluding hydrogens is 310 g/mol. The van der Waals surface area contributed by atoms with E-state index in [0.29, 0.717) is 0 Å². The largest absolute Gasteiger partial charge is 0.369 e. The third-order valence-corrected chi connectivity index (χ3v) is 6.24. The molecule has 0 fully saturated rings. The molecule has 0 bridgehead atoms. The number of carbonyl (C=O) groups excluding carboxylic acids is 1. The molecule has 1 amide bonds. The fraction of sp³-hybridized carbons (Fsp3) is 0.462. The van der Waals surface area contributed by atoms with E-state index in [0.717, 1.165) is 33.2 Å². The van der Waals surface area contributed by atoms with Gasteiger partial charge in [0.05, 0.1) is 16.0 Å². The summed E-state index contributed by atoms with van der Waals surface area (Å²) in [5.74, 6) is -0.0449. The number of amides is 1. The predicted molar refractivity (Wildman–Crippen MR) is 85.8 cm³/mol. The van der Waals surface area contributed by atoms with Gasteiger partial charge >= 0.3 is 0 Å². The van der Waals surface area contributed by atoms with Crippen molar-refractivity contribution >= 4 is 51.0 Å². The maximum absolute atomic E-state index is 11.0. The van der Waals surface area contributed by atoms with Gasteiger partial charge in [-0.25, -0.2) is 9.97 Å². The number of fused-ring (bicyclic) bond motifs is 3. The van der Waals surface area contributed by atoms with Crippen LogP contribution in [-0.2, 0) is 17.6 Å². The molecule has 2 aromatic heterocycles. The topological polar surface area (TPSA) is 68.9 Å².